The fourth-order valence-corrected chi connectivity index (χ4v) is 9.03. The quantitative estimate of drug-likeness (QED) is 0.246. The molecule has 7 nitrogen and oxygen atoms in total. The van der Waals surface area contributed by atoms with E-state index in [4.69, 9.17) is 14.9 Å². The van der Waals surface area contributed by atoms with Crippen LogP contribution < -0.4 is 0 Å². The van der Waals surface area contributed by atoms with Crippen molar-refractivity contribution in [3.05, 3.63) is 87.9 Å². The highest BCUT2D eigenvalue weighted by Crippen LogP contribution is 2.45. The van der Waals surface area contributed by atoms with E-state index in [1.54, 1.807) is 11.3 Å². The summed E-state index contributed by atoms with van der Waals surface area (Å²) in [5.41, 5.74) is 5.11. The number of amides is 1. The lowest BCUT2D eigenvalue weighted by atomic mass is 9.70. The van der Waals surface area contributed by atoms with Crippen molar-refractivity contribution < 1.29 is 14.7 Å². The largest absolute Gasteiger partial charge is 0.483 e. The lowest BCUT2D eigenvalue weighted by molar-refractivity contribution is -0.122. The number of carboxylic acid groups (broad SMARTS) is 1. The molecule has 1 amide bonds. The Hall–Kier alpha value is -3.49. The molecule has 0 radical (unpaired) electrons. The normalized spacial score (nSPS) is 23.1. The summed E-state index contributed by atoms with van der Waals surface area (Å²) < 4.78 is 2.53. The van der Waals surface area contributed by atoms with Crippen LogP contribution in [0.2, 0.25) is 0 Å². The van der Waals surface area contributed by atoms with Gasteiger partial charge in [-0.3, -0.25) is 14.5 Å². The van der Waals surface area contributed by atoms with Gasteiger partial charge in [0.25, 0.3) is 12.4 Å². The van der Waals surface area contributed by atoms with Crippen LogP contribution >= 0.6 is 11.3 Å². The zero-order valence-corrected chi connectivity index (χ0v) is 26.0. The van der Waals surface area contributed by atoms with Gasteiger partial charge in [0.2, 0.25) is 0 Å². The molecule has 0 aliphatic carbocycles. The molecule has 4 aromatic rings. The Morgan fingerprint density at radius 1 is 0.977 bits per heavy atom. The molecule has 7 rings (SSSR count). The molecule has 1 N–H and O–H groups in total. The third-order valence-corrected chi connectivity index (χ3v) is 11.3. The minimum Gasteiger partial charge on any atom is -0.483 e. The van der Waals surface area contributed by atoms with Crippen LogP contribution in [0.25, 0.3) is 11.0 Å². The second-order valence-electron chi connectivity index (χ2n) is 12.5. The zero-order valence-electron chi connectivity index (χ0n) is 25.2. The maximum atomic E-state index is 13.3. The monoisotopic (exact) mass is 598 g/mol. The smallest absolute Gasteiger partial charge is 0.290 e. The SMILES string of the molecule is Cc1ccsc1C(=O)N1CCC(CCN2[C@@H]3CC[C@H]2CC(n2c(C)nc4ccccc42)C3)(c2ccccc2)CC1.O=CO. The summed E-state index contributed by atoms with van der Waals surface area (Å²) >= 11 is 1.58. The second kappa shape index (κ2) is 12.6. The number of hydrogen-bond acceptors (Lipinski definition) is 5. The van der Waals surface area contributed by atoms with Crippen LogP contribution in [0.3, 0.4) is 0 Å². The van der Waals surface area contributed by atoms with E-state index < -0.39 is 0 Å². The minimum atomic E-state index is -0.250. The molecule has 43 heavy (non-hydrogen) atoms. The summed E-state index contributed by atoms with van der Waals surface area (Å²) in [5.74, 6) is 1.37. The average molecular weight is 599 g/mol. The first-order chi connectivity index (χ1) is 20.9. The van der Waals surface area contributed by atoms with E-state index in [0.717, 1.165) is 54.3 Å². The number of rotatable bonds is 6. The van der Waals surface area contributed by atoms with Crippen molar-refractivity contribution in [1.29, 1.82) is 0 Å². The van der Waals surface area contributed by atoms with Crippen LogP contribution in [0.15, 0.2) is 66.0 Å². The second-order valence-corrected chi connectivity index (χ2v) is 13.4. The fourth-order valence-electron chi connectivity index (χ4n) is 8.14. The van der Waals surface area contributed by atoms with E-state index in [1.807, 2.05) is 5.38 Å². The van der Waals surface area contributed by atoms with Gasteiger partial charge < -0.3 is 14.6 Å². The minimum absolute atomic E-state index is 0.135. The number of nitrogens with zero attached hydrogens (tertiary/aromatic N) is 4. The van der Waals surface area contributed by atoms with Crippen molar-refractivity contribution in [2.45, 2.75) is 82.3 Å². The van der Waals surface area contributed by atoms with E-state index >= 15 is 0 Å². The molecule has 3 fully saturated rings. The number of aromatic nitrogens is 2. The number of fused-ring (bicyclic) bond motifs is 3. The molecule has 2 aromatic heterocycles. The lowest BCUT2D eigenvalue weighted by Gasteiger charge is -2.45. The standard InChI is InChI=1S/C34H40N4OS.CH2O2/c1-24-14-21-40-32(24)33(39)36-18-15-34(16-19-36,26-8-4-3-5-9-26)17-20-37-27-12-13-28(37)23-29(22-27)38-25(2)35-30-10-6-7-11-31(30)38;2-1-3/h3-11,14,21,27-29H,12-13,15-20,22-23H2,1-2H3;1H,(H,2,3)/t27-,28+,29?;. The molecule has 2 aromatic carbocycles. The zero-order chi connectivity index (χ0) is 30.0. The van der Waals surface area contributed by atoms with Gasteiger partial charge in [0.05, 0.1) is 15.9 Å². The number of hydrogen-bond donors (Lipinski definition) is 1. The number of imidazole rings is 1. The Balaban J connectivity index is 0.00000105. The van der Waals surface area contributed by atoms with Gasteiger partial charge >= 0.3 is 0 Å². The third-order valence-electron chi connectivity index (χ3n) is 10.3. The maximum absolute atomic E-state index is 13.3. The molecule has 1 unspecified atom stereocenters. The molecule has 8 heteroatoms. The first kappa shape index (κ1) is 29.6. The van der Waals surface area contributed by atoms with Crippen molar-refractivity contribution >= 4 is 34.7 Å². The highest BCUT2D eigenvalue weighted by molar-refractivity contribution is 7.12. The van der Waals surface area contributed by atoms with E-state index in [1.165, 1.54) is 43.2 Å². The summed E-state index contributed by atoms with van der Waals surface area (Å²) in [6.45, 7) is 6.81. The van der Waals surface area contributed by atoms with Gasteiger partial charge in [-0.15, -0.1) is 11.3 Å². The van der Waals surface area contributed by atoms with Crippen LogP contribution in [0, 0.1) is 13.8 Å². The first-order valence-electron chi connectivity index (χ1n) is 15.6. The van der Waals surface area contributed by atoms with Crippen molar-refractivity contribution in [3.63, 3.8) is 0 Å². The summed E-state index contributed by atoms with van der Waals surface area (Å²) in [7, 11) is 0. The molecule has 2 bridgehead atoms. The van der Waals surface area contributed by atoms with E-state index in [9.17, 15) is 4.79 Å². The maximum Gasteiger partial charge on any atom is 0.290 e. The van der Waals surface area contributed by atoms with Crippen molar-refractivity contribution in [2.24, 2.45) is 0 Å². The summed E-state index contributed by atoms with van der Waals surface area (Å²) in [6, 6.07) is 23.7. The summed E-state index contributed by atoms with van der Waals surface area (Å²) in [5, 5.41) is 8.93. The van der Waals surface area contributed by atoms with Gasteiger partial charge in [-0.2, -0.15) is 0 Å². The first-order valence-corrected chi connectivity index (χ1v) is 16.5. The molecular formula is C35H42N4O3S. The van der Waals surface area contributed by atoms with Crippen molar-refractivity contribution in [3.8, 4) is 0 Å². The molecule has 3 saturated heterocycles. The molecule has 0 saturated carbocycles. The Morgan fingerprint density at radius 3 is 2.28 bits per heavy atom. The van der Waals surface area contributed by atoms with Crippen LogP contribution in [-0.2, 0) is 10.2 Å². The molecule has 0 spiro atoms. The van der Waals surface area contributed by atoms with Gasteiger partial charge in [-0.25, -0.2) is 4.98 Å². The Labute approximate surface area is 258 Å². The van der Waals surface area contributed by atoms with Crippen LogP contribution in [0.5, 0.6) is 0 Å². The number of aryl methyl sites for hydroxylation is 2. The van der Waals surface area contributed by atoms with Gasteiger partial charge in [0.1, 0.15) is 5.82 Å². The number of thiophene rings is 1. The number of piperidine rings is 2. The molecule has 3 atom stereocenters. The molecule has 3 aliphatic rings. The van der Waals surface area contributed by atoms with E-state index in [2.05, 4.69) is 88.9 Å². The topological polar surface area (TPSA) is 78.7 Å². The number of benzene rings is 2. The van der Waals surface area contributed by atoms with Crippen LogP contribution in [0.4, 0.5) is 0 Å². The number of carbonyl (C=O) groups excluding carboxylic acids is 1. The Bertz CT molecular complexity index is 1540. The van der Waals surface area contributed by atoms with Gasteiger partial charge in [-0.1, -0.05) is 42.5 Å². The van der Waals surface area contributed by atoms with Crippen LogP contribution in [0.1, 0.15) is 77.6 Å². The van der Waals surface area contributed by atoms with Crippen LogP contribution in [-0.4, -0.2) is 68.6 Å². The molecular weight excluding hydrogens is 556 g/mol. The average Bonchev–Trinajstić information content (AvgIpc) is 3.68. The predicted octanol–water partition coefficient (Wildman–Crippen LogP) is 6.85. The van der Waals surface area contributed by atoms with E-state index in [0.29, 0.717) is 18.1 Å². The van der Waals surface area contributed by atoms with Gasteiger partial charge in [-0.05, 0) is 105 Å². The van der Waals surface area contributed by atoms with Gasteiger partial charge in [0.15, 0.2) is 0 Å². The molecule has 3 aliphatic heterocycles. The van der Waals surface area contributed by atoms with Crippen molar-refractivity contribution in [2.75, 3.05) is 19.6 Å². The lowest BCUT2D eigenvalue weighted by Crippen LogP contribution is -2.49. The summed E-state index contributed by atoms with van der Waals surface area (Å²) in [4.78, 5) is 32.4. The highest BCUT2D eigenvalue weighted by Gasteiger charge is 2.44. The highest BCUT2D eigenvalue weighted by atomic mass is 32.1. The van der Waals surface area contributed by atoms with Crippen molar-refractivity contribution in [1.82, 2.24) is 19.4 Å². The third kappa shape index (κ3) is 5.75. The number of para-hydroxylation sites is 2. The number of likely N-dealkylation sites (tertiary alicyclic amines) is 1. The fraction of sp³-hybridized carbons (Fsp3) is 0.457. The number of carbonyl (C=O) groups is 2. The Morgan fingerprint density at radius 2 is 1.63 bits per heavy atom. The predicted molar refractivity (Wildman–Crippen MR) is 172 cm³/mol. The molecule has 5 heterocycles. The van der Waals surface area contributed by atoms with E-state index in [-0.39, 0.29) is 17.8 Å². The summed E-state index contributed by atoms with van der Waals surface area (Å²) in [6.07, 6.45) is 8.32. The van der Waals surface area contributed by atoms with Gasteiger partial charge in [0, 0.05) is 31.2 Å². The molecule has 226 valence electrons. The Kier molecular flexibility index (Phi) is 8.68.